The van der Waals surface area contributed by atoms with Crippen LogP contribution >= 0.6 is 11.3 Å². The third-order valence-electron chi connectivity index (χ3n) is 5.92. The lowest BCUT2D eigenvalue weighted by Gasteiger charge is -2.13. The van der Waals surface area contributed by atoms with Gasteiger partial charge >= 0.3 is 6.03 Å². The number of benzene rings is 1. The molecule has 4 aromatic heterocycles. The fourth-order valence-corrected chi connectivity index (χ4v) is 5.18. The van der Waals surface area contributed by atoms with E-state index in [9.17, 15) is 9.59 Å². The fraction of sp³-hybridized carbons (Fsp3) is 0.179. The quantitative estimate of drug-likeness (QED) is 0.319. The SMILES string of the molecule is CCNC(=O)Nc1nc2cc(-c3cc(C)n(Cc4cccc(C)n4)c(=O)c3)cc(-c3ccccn3)c2s1. The van der Waals surface area contributed by atoms with Crippen molar-refractivity contribution in [1.29, 1.82) is 0 Å². The molecule has 4 heterocycles. The normalized spacial score (nSPS) is 11.0. The summed E-state index contributed by atoms with van der Waals surface area (Å²) in [5, 5.41) is 6.02. The number of amides is 2. The predicted octanol–water partition coefficient (Wildman–Crippen LogP) is 5.39. The lowest BCUT2D eigenvalue weighted by atomic mass is 10.0. The molecule has 2 amide bonds. The second-order valence-corrected chi connectivity index (χ2v) is 9.67. The summed E-state index contributed by atoms with van der Waals surface area (Å²) < 4.78 is 2.63. The van der Waals surface area contributed by atoms with E-state index in [-0.39, 0.29) is 11.6 Å². The van der Waals surface area contributed by atoms with E-state index in [0.29, 0.717) is 18.2 Å². The molecule has 9 heteroatoms. The first-order chi connectivity index (χ1) is 17.9. The number of hydrogen-bond donors (Lipinski definition) is 2. The van der Waals surface area contributed by atoms with Crippen molar-refractivity contribution in [2.24, 2.45) is 0 Å². The first-order valence-electron chi connectivity index (χ1n) is 12.0. The van der Waals surface area contributed by atoms with Crippen molar-refractivity contribution in [1.82, 2.24) is 24.8 Å². The lowest BCUT2D eigenvalue weighted by molar-refractivity contribution is 0.252. The Labute approximate surface area is 218 Å². The Morgan fingerprint density at radius 2 is 1.84 bits per heavy atom. The first-order valence-corrected chi connectivity index (χ1v) is 12.8. The second kappa shape index (κ2) is 10.3. The van der Waals surface area contributed by atoms with E-state index in [2.05, 4.69) is 25.6 Å². The van der Waals surface area contributed by atoms with Gasteiger partial charge < -0.3 is 9.88 Å². The maximum absolute atomic E-state index is 13.2. The first kappa shape index (κ1) is 24.3. The molecule has 0 aliphatic heterocycles. The summed E-state index contributed by atoms with van der Waals surface area (Å²) in [5.41, 5.74) is 6.53. The summed E-state index contributed by atoms with van der Waals surface area (Å²) in [6.45, 7) is 6.65. The minimum atomic E-state index is -0.302. The number of aromatic nitrogens is 4. The van der Waals surface area contributed by atoms with Crippen LogP contribution < -0.4 is 16.2 Å². The smallest absolute Gasteiger partial charge is 0.321 e. The van der Waals surface area contributed by atoms with Crippen LogP contribution in [0.4, 0.5) is 9.93 Å². The molecule has 1 aromatic carbocycles. The number of rotatable bonds is 6. The molecule has 2 N–H and O–H groups in total. The molecule has 0 unspecified atom stereocenters. The van der Waals surface area contributed by atoms with Crippen molar-refractivity contribution < 1.29 is 4.79 Å². The van der Waals surface area contributed by atoms with Crippen LogP contribution in [0.3, 0.4) is 0 Å². The van der Waals surface area contributed by atoms with E-state index in [4.69, 9.17) is 0 Å². The van der Waals surface area contributed by atoms with Crippen LogP contribution in [0, 0.1) is 13.8 Å². The van der Waals surface area contributed by atoms with E-state index in [1.54, 1.807) is 16.8 Å². The third-order valence-corrected chi connectivity index (χ3v) is 6.94. The van der Waals surface area contributed by atoms with Crippen LogP contribution in [0.25, 0.3) is 32.6 Å². The van der Waals surface area contributed by atoms with Gasteiger partial charge in [0.05, 0.1) is 28.1 Å². The minimum Gasteiger partial charge on any atom is -0.338 e. The fourth-order valence-electron chi connectivity index (χ4n) is 4.22. The molecule has 0 radical (unpaired) electrons. The summed E-state index contributed by atoms with van der Waals surface area (Å²) in [7, 11) is 0. The second-order valence-electron chi connectivity index (χ2n) is 8.67. The average Bonchev–Trinajstić information content (AvgIpc) is 3.28. The van der Waals surface area contributed by atoms with Crippen molar-refractivity contribution in [2.45, 2.75) is 27.3 Å². The van der Waals surface area contributed by atoms with E-state index in [1.807, 2.05) is 75.4 Å². The predicted molar refractivity (Wildman–Crippen MR) is 148 cm³/mol. The standard InChI is InChI=1S/C28H26N6O2S/c1-4-29-27(36)33-28-32-24-14-20(13-22(26(24)37-28)23-10-5-6-11-30-23)19-12-18(3)34(25(35)15-19)16-21-9-7-8-17(2)31-21/h5-15H,4,16H2,1-3H3,(H2,29,32,33,36). The molecule has 0 spiro atoms. The van der Waals surface area contributed by atoms with E-state index < -0.39 is 0 Å². The van der Waals surface area contributed by atoms with Crippen LogP contribution in [0.1, 0.15) is 24.0 Å². The number of urea groups is 1. The summed E-state index contributed by atoms with van der Waals surface area (Å²) >= 11 is 1.39. The number of nitrogens with zero attached hydrogens (tertiary/aromatic N) is 4. The molecule has 37 heavy (non-hydrogen) atoms. The molecule has 0 fully saturated rings. The van der Waals surface area contributed by atoms with Gasteiger partial charge in [-0.25, -0.2) is 9.78 Å². The third kappa shape index (κ3) is 5.26. The Morgan fingerprint density at radius 3 is 2.57 bits per heavy atom. The van der Waals surface area contributed by atoms with Crippen molar-refractivity contribution in [3.05, 3.63) is 94.3 Å². The Bertz CT molecular complexity index is 1660. The zero-order valence-corrected chi connectivity index (χ0v) is 21.6. The van der Waals surface area contributed by atoms with Crippen LogP contribution in [0.5, 0.6) is 0 Å². The highest BCUT2D eigenvalue weighted by Gasteiger charge is 2.16. The van der Waals surface area contributed by atoms with Crippen LogP contribution in [0.2, 0.25) is 0 Å². The van der Waals surface area contributed by atoms with E-state index in [1.165, 1.54) is 11.3 Å². The summed E-state index contributed by atoms with van der Waals surface area (Å²) in [5.74, 6) is 0. The Hall–Kier alpha value is -4.37. The number of carbonyl (C=O) groups is 1. The molecular formula is C28H26N6O2S. The highest BCUT2D eigenvalue weighted by Crippen LogP contribution is 2.38. The number of pyridine rings is 3. The number of fused-ring (bicyclic) bond motifs is 1. The molecule has 0 bridgehead atoms. The molecule has 186 valence electrons. The number of anilines is 1. The monoisotopic (exact) mass is 510 g/mol. The molecule has 5 rings (SSSR count). The lowest BCUT2D eigenvalue weighted by Crippen LogP contribution is -2.28. The van der Waals surface area contributed by atoms with Crippen molar-refractivity contribution in [3.63, 3.8) is 0 Å². The largest absolute Gasteiger partial charge is 0.338 e. The maximum atomic E-state index is 13.2. The van der Waals surface area contributed by atoms with Gasteiger partial charge in [-0.15, -0.1) is 0 Å². The highest BCUT2D eigenvalue weighted by atomic mass is 32.1. The number of aryl methyl sites for hydroxylation is 2. The van der Waals surface area contributed by atoms with Crippen molar-refractivity contribution in [3.8, 4) is 22.4 Å². The van der Waals surface area contributed by atoms with Gasteiger partial charge in [-0.05, 0) is 74.4 Å². The summed E-state index contributed by atoms with van der Waals surface area (Å²) in [4.78, 5) is 39.0. The highest BCUT2D eigenvalue weighted by molar-refractivity contribution is 7.22. The molecule has 5 aromatic rings. The van der Waals surface area contributed by atoms with Gasteiger partial charge in [-0.1, -0.05) is 23.5 Å². The zero-order chi connectivity index (χ0) is 25.9. The van der Waals surface area contributed by atoms with Gasteiger partial charge in [-0.3, -0.25) is 20.1 Å². The molecule has 8 nitrogen and oxygen atoms in total. The van der Waals surface area contributed by atoms with Gasteiger partial charge in [0, 0.05) is 35.8 Å². The van der Waals surface area contributed by atoms with Crippen LogP contribution in [0.15, 0.2) is 71.7 Å². The van der Waals surface area contributed by atoms with Crippen molar-refractivity contribution >= 4 is 32.7 Å². The van der Waals surface area contributed by atoms with E-state index in [0.717, 1.165) is 49.7 Å². The molecular weight excluding hydrogens is 484 g/mol. The van der Waals surface area contributed by atoms with Gasteiger partial charge in [0.15, 0.2) is 5.13 Å². The molecule has 0 saturated carbocycles. The van der Waals surface area contributed by atoms with E-state index >= 15 is 0 Å². The van der Waals surface area contributed by atoms with Crippen LogP contribution in [-0.2, 0) is 6.54 Å². The van der Waals surface area contributed by atoms with Gasteiger partial charge in [-0.2, -0.15) is 0 Å². The van der Waals surface area contributed by atoms with Gasteiger partial charge in [0.1, 0.15) is 0 Å². The Morgan fingerprint density at radius 1 is 1.00 bits per heavy atom. The topological polar surface area (TPSA) is 102 Å². The number of nitrogens with one attached hydrogen (secondary N) is 2. The zero-order valence-electron chi connectivity index (χ0n) is 20.8. The average molecular weight is 511 g/mol. The summed E-state index contributed by atoms with van der Waals surface area (Å²) in [6, 6.07) is 18.9. The molecule has 0 aliphatic carbocycles. The number of thiazole rings is 1. The maximum Gasteiger partial charge on any atom is 0.321 e. The van der Waals surface area contributed by atoms with Gasteiger partial charge in [0.25, 0.3) is 5.56 Å². The molecule has 0 saturated heterocycles. The summed E-state index contributed by atoms with van der Waals surface area (Å²) in [6.07, 6.45) is 1.74. The minimum absolute atomic E-state index is 0.102. The van der Waals surface area contributed by atoms with Crippen molar-refractivity contribution in [2.75, 3.05) is 11.9 Å². The molecule has 0 atom stereocenters. The number of hydrogen-bond acceptors (Lipinski definition) is 6. The molecule has 0 aliphatic rings. The Kier molecular flexibility index (Phi) is 6.78. The number of carbonyl (C=O) groups excluding carboxylic acids is 1. The van der Waals surface area contributed by atoms with Crippen LogP contribution in [-0.4, -0.2) is 32.1 Å². The van der Waals surface area contributed by atoms with Gasteiger partial charge in [0.2, 0.25) is 0 Å². The Balaban J connectivity index is 1.59.